The Morgan fingerprint density at radius 2 is 2.10 bits per heavy atom. The predicted octanol–water partition coefficient (Wildman–Crippen LogP) is 2.18. The molecule has 0 amide bonds. The van der Waals surface area contributed by atoms with Crippen LogP contribution < -0.4 is 5.32 Å². The van der Waals surface area contributed by atoms with Gasteiger partial charge in [0.1, 0.15) is 10.7 Å². The zero-order valence-corrected chi connectivity index (χ0v) is 13.2. The van der Waals surface area contributed by atoms with E-state index in [9.17, 15) is 8.42 Å². The molecule has 1 aliphatic rings. The summed E-state index contributed by atoms with van der Waals surface area (Å²) >= 11 is 0. The molecule has 2 atom stereocenters. The monoisotopic (exact) mass is 297 g/mol. The zero-order valence-electron chi connectivity index (χ0n) is 12.3. The molecule has 0 radical (unpaired) electrons. The number of nitrogens with one attached hydrogen (secondary N) is 1. The highest BCUT2D eigenvalue weighted by molar-refractivity contribution is 7.89. The van der Waals surface area contributed by atoms with Gasteiger partial charge in [0.25, 0.3) is 0 Å². The molecule has 5 nitrogen and oxygen atoms in total. The van der Waals surface area contributed by atoms with Gasteiger partial charge in [0.05, 0.1) is 0 Å². The molecule has 0 bridgehead atoms. The second-order valence-corrected chi connectivity index (χ2v) is 7.98. The number of sulfonamides is 1. The third kappa shape index (κ3) is 3.49. The first-order valence-corrected chi connectivity index (χ1v) is 8.46. The quantitative estimate of drug-likeness (QED) is 0.905. The largest absolute Gasteiger partial charge is 0.370 e. The van der Waals surface area contributed by atoms with Crippen LogP contribution in [0.15, 0.2) is 23.2 Å². The van der Waals surface area contributed by atoms with Crippen LogP contribution in [0.5, 0.6) is 0 Å². The summed E-state index contributed by atoms with van der Waals surface area (Å²) in [4.78, 5) is 4.41. The van der Waals surface area contributed by atoms with E-state index >= 15 is 0 Å². The van der Waals surface area contributed by atoms with Crippen molar-refractivity contribution >= 4 is 15.8 Å². The van der Waals surface area contributed by atoms with Crippen LogP contribution in [-0.4, -0.2) is 38.3 Å². The van der Waals surface area contributed by atoms with Gasteiger partial charge in [-0.2, -0.15) is 0 Å². The van der Waals surface area contributed by atoms with Gasteiger partial charge in [0, 0.05) is 26.8 Å². The Balaban J connectivity index is 1.95. The molecule has 0 saturated heterocycles. The normalized spacial score (nSPS) is 23.2. The Kier molecular flexibility index (Phi) is 4.65. The van der Waals surface area contributed by atoms with Crippen molar-refractivity contribution in [3.63, 3.8) is 0 Å². The van der Waals surface area contributed by atoms with Gasteiger partial charge in [0.15, 0.2) is 0 Å². The van der Waals surface area contributed by atoms with E-state index in [1.807, 2.05) is 0 Å². The highest BCUT2D eigenvalue weighted by atomic mass is 32.2. The Morgan fingerprint density at radius 1 is 1.35 bits per heavy atom. The molecule has 0 aromatic carbocycles. The second kappa shape index (κ2) is 6.10. The molecule has 20 heavy (non-hydrogen) atoms. The standard InChI is InChI=1S/C14H23N3O2S/c1-11-4-5-12(8-11)9-15-14-7-6-13(10-16-14)20(18,19)17(2)3/h6-7,10-12H,4-5,8-9H2,1-3H3,(H,15,16). The van der Waals surface area contributed by atoms with E-state index in [0.717, 1.165) is 18.3 Å². The summed E-state index contributed by atoms with van der Waals surface area (Å²) in [5.41, 5.74) is 0. The number of anilines is 1. The van der Waals surface area contributed by atoms with E-state index in [0.29, 0.717) is 5.92 Å². The number of nitrogens with zero attached hydrogens (tertiary/aromatic N) is 2. The summed E-state index contributed by atoms with van der Waals surface area (Å²) in [5.74, 6) is 2.27. The van der Waals surface area contributed by atoms with Crippen LogP contribution in [0, 0.1) is 11.8 Å². The molecule has 1 saturated carbocycles. The molecule has 0 aliphatic heterocycles. The molecular weight excluding hydrogens is 274 g/mol. The average Bonchev–Trinajstić information content (AvgIpc) is 2.82. The van der Waals surface area contributed by atoms with Crippen molar-refractivity contribution in [2.75, 3.05) is 26.0 Å². The molecule has 0 spiro atoms. The highest BCUT2D eigenvalue weighted by Crippen LogP contribution is 2.30. The Morgan fingerprint density at radius 3 is 2.60 bits per heavy atom. The van der Waals surface area contributed by atoms with Gasteiger partial charge in [-0.25, -0.2) is 17.7 Å². The maximum Gasteiger partial charge on any atom is 0.244 e. The molecule has 6 heteroatoms. The number of rotatable bonds is 5. The summed E-state index contributed by atoms with van der Waals surface area (Å²) in [6, 6.07) is 3.33. The van der Waals surface area contributed by atoms with E-state index in [2.05, 4.69) is 17.2 Å². The molecule has 112 valence electrons. The molecule has 1 fully saturated rings. The minimum atomic E-state index is -3.39. The van der Waals surface area contributed by atoms with E-state index in [-0.39, 0.29) is 4.90 Å². The topological polar surface area (TPSA) is 62.3 Å². The lowest BCUT2D eigenvalue weighted by Gasteiger charge is -2.13. The van der Waals surface area contributed by atoms with Crippen LogP contribution in [0.2, 0.25) is 0 Å². The fraction of sp³-hybridized carbons (Fsp3) is 0.643. The van der Waals surface area contributed by atoms with Gasteiger partial charge >= 0.3 is 0 Å². The van der Waals surface area contributed by atoms with E-state index in [4.69, 9.17) is 0 Å². The number of pyridine rings is 1. The van der Waals surface area contributed by atoms with Gasteiger partial charge in [-0.15, -0.1) is 0 Å². The van der Waals surface area contributed by atoms with Crippen LogP contribution in [0.1, 0.15) is 26.2 Å². The van der Waals surface area contributed by atoms with Gasteiger partial charge in [-0.05, 0) is 36.8 Å². The minimum absolute atomic E-state index is 0.225. The zero-order chi connectivity index (χ0) is 14.8. The lowest BCUT2D eigenvalue weighted by Crippen LogP contribution is -2.22. The van der Waals surface area contributed by atoms with Crippen LogP contribution >= 0.6 is 0 Å². The molecule has 2 unspecified atom stereocenters. The van der Waals surface area contributed by atoms with Gasteiger partial charge in [-0.1, -0.05) is 13.3 Å². The van der Waals surface area contributed by atoms with Crippen LogP contribution in [-0.2, 0) is 10.0 Å². The smallest absolute Gasteiger partial charge is 0.244 e. The van der Waals surface area contributed by atoms with Crippen molar-refractivity contribution in [3.8, 4) is 0 Å². The van der Waals surface area contributed by atoms with Crippen molar-refractivity contribution in [2.45, 2.75) is 31.1 Å². The van der Waals surface area contributed by atoms with E-state index in [1.54, 1.807) is 12.1 Å². The molecule has 2 rings (SSSR count). The number of hydrogen-bond acceptors (Lipinski definition) is 4. The first-order chi connectivity index (χ1) is 9.39. The summed E-state index contributed by atoms with van der Waals surface area (Å²) < 4.78 is 25.0. The highest BCUT2D eigenvalue weighted by Gasteiger charge is 2.21. The average molecular weight is 297 g/mol. The third-order valence-corrected chi connectivity index (χ3v) is 5.69. The molecule has 1 aromatic heterocycles. The second-order valence-electron chi connectivity index (χ2n) is 5.83. The van der Waals surface area contributed by atoms with Gasteiger partial charge in [-0.3, -0.25) is 0 Å². The Labute approximate surface area is 121 Å². The molecule has 1 heterocycles. The number of aromatic nitrogens is 1. The minimum Gasteiger partial charge on any atom is -0.370 e. The lowest BCUT2D eigenvalue weighted by molar-refractivity contribution is 0.520. The van der Waals surface area contributed by atoms with Crippen molar-refractivity contribution in [2.24, 2.45) is 11.8 Å². The van der Waals surface area contributed by atoms with Crippen molar-refractivity contribution < 1.29 is 8.42 Å². The van der Waals surface area contributed by atoms with E-state index < -0.39 is 10.0 Å². The van der Waals surface area contributed by atoms with Crippen LogP contribution in [0.3, 0.4) is 0 Å². The van der Waals surface area contributed by atoms with Crippen LogP contribution in [0.25, 0.3) is 0 Å². The summed E-state index contributed by atoms with van der Waals surface area (Å²) in [7, 11) is -0.355. The lowest BCUT2D eigenvalue weighted by atomic mass is 10.1. The molecule has 1 aliphatic carbocycles. The van der Waals surface area contributed by atoms with Crippen molar-refractivity contribution in [1.82, 2.24) is 9.29 Å². The first-order valence-electron chi connectivity index (χ1n) is 7.02. The summed E-state index contributed by atoms with van der Waals surface area (Å²) in [6.07, 6.45) is 5.25. The summed E-state index contributed by atoms with van der Waals surface area (Å²) in [6.45, 7) is 3.20. The van der Waals surface area contributed by atoms with Gasteiger partial charge in [0.2, 0.25) is 10.0 Å². The maximum absolute atomic E-state index is 11.9. The maximum atomic E-state index is 11.9. The molecule has 1 N–H and O–H groups in total. The first kappa shape index (κ1) is 15.3. The number of hydrogen-bond donors (Lipinski definition) is 1. The van der Waals surface area contributed by atoms with Gasteiger partial charge < -0.3 is 5.32 Å². The SMILES string of the molecule is CC1CCC(CNc2ccc(S(=O)(=O)N(C)C)cn2)C1. The fourth-order valence-electron chi connectivity index (χ4n) is 2.61. The Hall–Kier alpha value is -1.14. The molecular formula is C14H23N3O2S. The fourth-order valence-corrected chi connectivity index (χ4v) is 3.46. The van der Waals surface area contributed by atoms with Crippen LogP contribution in [0.4, 0.5) is 5.82 Å². The Bertz CT molecular complexity index is 540. The predicted molar refractivity (Wildman–Crippen MR) is 80.1 cm³/mol. The van der Waals surface area contributed by atoms with E-state index in [1.165, 1.54) is 43.9 Å². The third-order valence-electron chi connectivity index (χ3n) is 3.89. The summed E-state index contributed by atoms with van der Waals surface area (Å²) in [5, 5.41) is 3.30. The molecule has 1 aromatic rings. The van der Waals surface area contributed by atoms with Crippen molar-refractivity contribution in [3.05, 3.63) is 18.3 Å². The van der Waals surface area contributed by atoms with Crippen molar-refractivity contribution in [1.29, 1.82) is 0 Å².